The molecule has 2 atom stereocenters. The minimum atomic E-state index is -0.0767. The number of hydrogen-bond acceptors (Lipinski definition) is 4. The quantitative estimate of drug-likeness (QED) is 0.775. The molecule has 6 heteroatoms. The highest BCUT2D eigenvalue weighted by Crippen LogP contribution is 2.32. The number of benzene rings is 1. The number of likely N-dealkylation sites (N-methyl/N-ethyl adjacent to an activating group) is 1. The number of piperidine rings is 1. The Morgan fingerprint density at radius 1 is 1.23 bits per heavy atom. The molecule has 2 aliphatic heterocycles. The van der Waals surface area contributed by atoms with Crippen LogP contribution in [0.3, 0.4) is 0 Å². The second-order valence-corrected chi connectivity index (χ2v) is 7.99. The fourth-order valence-corrected chi connectivity index (χ4v) is 4.61. The lowest BCUT2D eigenvalue weighted by molar-refractivity contribution is -0.127. The molecule has 2 amide bonds. The van der Waals surface area contributed by atoms with Crippen molar-refractivity contribution in [1.82, 2.24) is 9.80 Å². The van der Waals surface area contributed by atoms with Crippen LogP contribution in [-0.2, 0) is 10.5 Å². The fourth-order valence-electron chi connectivity index (χ4n) is 3.79. The summed E-state index contributed by atoms with van der Waals surface area (Å²) in [5.41, 5.74) is 0. The van der Waals surface area contributed by atoms with E-state index in [1.165, 1.54) is 4.90 Å². The number of furan rings is 1. The average molecular weight is 370 g/mol. The molecule has 0 radical (unpaired) electrons. The smallest absolute Gasteiger partial charge is 0.289 e. The highest BCUT2D eigenvalue weighted by atomic mass is 32.2. The first-order valence-corrected chi connectivity index (χ1v) is 9.92. The summed E-state index contributed by atoms with van der Waals surface area (Å²) in [4.78, 5) is 29.5. The molecule has 3 heterocycles. The van der Waals surface area contributed by atoms with Crippen molar-refractivity contribution < 1.29 is 14.0 Å². The standard InChI is InChI=1S/C20H22N2O3S/c1-21-17-12-22(10-9-14(17)11-19(21)23)20(24)18-8-7-15(25-18)13-26-16-5-3-2-4-6-16/h2-8,14,17H,9-13H2,1H3/t14-,17-/m1/s1. The van der Waals surface area contributed by atoms with Crippen molar-refractivity contribution in [3.05, 3.63) is 54.0 Å². The van der Waals surface area contributed by atoms with Crippen LogP contribution in [0.15, 0.2) is 51.8 Å². The molecule has 0 saturated carbocycles. The van der Waals surface area contributed by atoms with Gasteiger partial charge >= 0.3 is 0 Å². The Morgan fingerprint density at radius 3 is 2.85 bits per heavy atom. The zero-order valence-corrected chi connectivity index (χ0v) is 15.6. The van der Waals surface area contributed by atoms with E-state index in [4.69, 9.17) is 4.42 Å². The largest absolute Gasteiger partial charge is 0.455 e. The van der Waals surface area contributed by atoms with Crippen LogP contribution in [0.1, 0.15) is 29.2 Å². The topological polar surface area (TPSA) is 53.8 Å². The molecule has 26 heavy (non-hydrogen) atoms. The van der Waals surface area contributed by atoms with Gasteiger partial charge < -0.3 is 14.2 Å². The van der Waals surface area contributed by atoms with Crippen LogP contribution in [0, 0.1) is 5.92 Å². The third-order valence-electron chi connectivity index (χ3n) is 5.33. The monoisotopic (exact) mass is 370 g/mol. The fraction of sp³-hybridized carbons (Fsp3) is 0.400. The predicted molar refractivity (Wildman–Crippen MR) is 99.9 cm³/mol. The number of fused-ring (bicyclic) bond motifs is 1. The van der Waals surface area contributed by atoms with E-state index in [0.717, 1.165) is 12.2 Å². The Labute approximate surface area is 157 Å². The van der Waals surface area contributed by atoms with Crippen LogP contribution in [0.25, 0.3) is 0 Å². The van der Waals surface area contributed by atoms with Crippen LogP contribution in [0.4, 0.5) is 0 Å². The number of thioether (sulfide) groups is 1. The van der Waals surface area contributed by atoms with Crippen molar-refractivity contribution in [3.63, 3.8) is 0 Å². The Morgan fingerprint density at radius 2 is 2.04 bits per heavy atom. The summed E-state index contributed by atoms with van der Waals surface area (Å²) >= 11 is 1.68. The first kappa shape index (κ1) is 17.2. The highest BCUT2D eigenvalue weighted by Gasteiger charge is 2.42. The van der Waals surface area contributed by atoms with Crippen LogP contribution in [-0.4, -0.2) is 47.8 Å². The summed E-state index contributed by atoms with van der Waals surface area (Å²) in [7, 11) is 1.84. The number of carbonyl (C=O) groups excluding carboxylic acids is 2. The van der Waals surface area contributed by atoms with Crippen LogP contribution >= 0.6 is 11.8 Å². The van der Waals surface area contributed by atoms with Crippen molar-refractivity contribution in [2.45, 2.75) is 29.5 Å². The van der Waals surface area contributed by atoms with Gasteiger partial charge in [-0.2, -0.15) is 0 Å². The number of hydrogen-bond donors (Lipinski definition) is 0. The van der Waals surface area contributed by atoms with Gasteiger partial charge in [-0.05, 0) is 36.6 Å². The Kier molecular flexibility index (Phi) is 4.76. The molecule has 4 rings (SSSR count). The van der Waals surface area contributed by atoms with E-state index < -0.39 is 0 Å². The van der Waals surface area contributed by atoms with Crippen LogP contribution < -0.4 is 0 Å². The summed E-state index contributed by atoms with van der Waals surface area (Å²) in [5.74, 6) is 2.37. The van der Waals surface area contributed by atoms with Gasteiger partial charge in [-0.3, -0.25) is 9.59 Å². The van der Waals surface area contributed by atoms with Gasteiger partial charge in [-0.25, -0.2) is 0 Å². The Hall–Kier alpha value is -2.21. The predicted octanol–water partition coefficient (Wildman–Crippen LogP) is 3.26. The summed E-state index contributed by atoms with van der Waals surface area (Å²) in [6.45, 7) is 1.29. The third-order valence-corrected chi connectivity index (χ3v) is 6.37. The minimum absolute atomic E-state index is 0.0767. The number of carbonyl (C=O) groups is 2. The highest BCUT2D eigenvalue weighted by molar-refractivity contribution is 7.98. The summed E-state index contributed by atoms with van der Waals surface area (Å²) in [6.07, 6.45) is 1.49. The molecule has 1 aromatic heterocycles. The van der Waals surface area contributed by atoms with Crippen molar-refractivity contribution >= 4 is 23.6 Å². The summed E-state index contributed by atoms with van der Waals surface area (Å²) in [5, 5.41) is 0. The maximum Gasteiger partial charge on any atom is 0.289 e. The molecule has 2 aliphatic rings. The molecule has 2 saturated heterocycles. The Bertz CT molecular complexity index is 804. The number of nitrogens with zero attached hydrogens (tertiary/aromatic N) is 2. The lowest BCUT2D eigenvalue weighted by Gasteiger charge is -2.36. The molecule has 1 aromatic carbocycles. The van der Waals surface area contributed by atoms with Crippen molar-refractivity contribution in [2.75, 3.05) is 20.1 Å². The lowest BCUT2D eigenvalue weighted by atomic mass is 9.92. The van der Waals surface area contributed by atoms with Gasteiger partial charge in [-0.15, -0.1) is 11.8 Å². The molecule has 0 bridgehead atoms. The van der Waals surface area contributed by atoms with Crippen molar-refractivity contribution in [2.24, 2.45) is 5.92 Å². The van der Waals surface area contributed by atoms with Crippen LogP contribution in [0.5, 0.6) is 0 Å². The van der Waals surface area contributed by atoms with Crippen molar-refractivity contribution in [3.8, 4) is 0 Å². The molecular weight excluding hydrogens is 348 g/mol. The average Bonchev–Trinajstić information content (AvgIpc) is 3.25. The van der Waals surface area contributed by atoms with Gasteiger partial charge in [0.25, 0.3) is 5.91 Å². The SMILES string of the molecule is CN1C(=O)C[C@H]2CCN(C(=O)c3ccc(CSc4ccccc4)o3)C[C@H]21. The van der Waals surface area contributed by atoms with Gasteiger partial charge in [-0.1, -0.05) is 18.2 Å². The normalized spacial score (nSPS) is 22.6. The number of rotatable bonds is 4. The molecule has 0 N–H and O–H groups in total. The summed E-state index contributed by atoms with van der Waals surface area (Å²) in [6, 6.07) is 13.9. The first-order valence-electron chi connectivity index (χ1n) is 8.93. The first-order chi connectivity index (χ1) is 12.6. The second-order valence-electron chi connectivity index (χ2n) is 6.94. The van der Waals surface area contributed by atoms with Crippen molar-refractivity contribution in [1.29, 1.82) is 0 Å². The van der Waals surface area contributed by atoms with E-state index in [9.17, 15) is 9.59 Å². The maximum atomic E-state index is 12.8. The van der Waals surface area contributed by atoms with Gasteiger partial charge in [0.2, 0.25) is 5.91 Å². The minimum Gasteiger partial charge on any atom is -0.455 e. The summed E-state index contributed by atoms with van der Waals surface area (Å²) < 4.78 is 5.79. The van der Waals surface area contributed by atoms with E-state index in [1.807, 2.05) is 36.2 Å². The van der Waals surface area contributed by atoms with E-state index in [1.54, 1.807) is 22.7 Å². The van der Waals surface area contributed by atoms with E-state index in [2.05, 4.69) is 12.1 Å². The van der Waals surface area contributed by atoms with E-state index in [0.29, 0.717) is 36.9 Å². The van der Waals surface area contributed by atoms with E-state index in [-0.39, 0.29) is 17.9 Å². The van der Waals surface area contributed by atoms with Gasteiger partial charge in [0.1, 0.15) is 5.76 Å². The molecule has 0 aliphatic carbocycles. The van der Waals surface area contributed by atoms with Crippen LogP contribution in [0.2, 0.25) is 0 Å². The third kappa shape index (κ3) is 3.38. The molecule has 5 nitrogen and oxygen atoms in total. The lowest BCUT2D eigenvalue weighted by Crippen LogP contribution is -2.49. The van der Waals surface area contributed by atoms with Gasteiger partial charge in [0.05, 0.1) is 11.8 Å². The Balaban J connectivity index is 1.38. The van der Waals surface area contributed by atoms with Gasteiger partial charge in [0, 0.05) is 31.5 Å². The number of likely N-dealkylation sites (tertiary alicyclic amines) is 2. The molecule has 2 aromatic rings. The number of amides is 2. The molecule has 2 fully saturated rings. The zero-order valence-electron chi connectivity index (χ0n) is 14.8. The molecular formula is C20H22N2O3S. The van der Waals surface area contributed by atoms with Gasteiger partial charge in [0.15, 0.2) is 5.76 Å². The second kappa shape index (κ2) is 7.19. The molecule has 0 unspecified atom stereocenters. The zero-order chi connectivity index (χ0) is 18.1. The maximum absolute atomic E-state index is 12.8. The van der Waals surface area contributed by atoms with E-state index >= 15 is 0 Å². The molecule has 0 spiro atoms. The molecule has 136 valence electrons.